The third-order valence-electron chi connectivity index (χ3n) is 3.03. The predicted molar refractivity (Wildman–Crippen MR) is 75.3 cm³/mol. The molecule has 0 spiro atoms. The Morgan fingerprint density at radius 3 is 2.69 bits per heavy atom. The molecule has 0 bridgehead atoms. The third kappa shape index (κ3) is 6.12. The van der Waals surface area contributed by atoms with Gasteiger partial charge < -0.3 is 5.32 Å². The summed E-state index contributed by atoms with van der Waals surface area (Å²) in [5.41, 5.74) is 0.273. The van der Waals surface area contributed by atoms with E-state index < -0.39 is 0 Å². The van der Waals surface area contributed by atoms with Crippen molar-refractivity contribution in [1.82, 2.24) is 10.2 Å². The Hall–Kier alpha value is 0.270. The molecule has 1 aliphatic heterocycles. The van der Waals surface area contributed by atoms with Crippen molar-refractivity contribution < 1.29 is 0 Å². The van der Waals surface area contributed by atoms with Crippen molar-refractivity contribution in [3.8, 4) is 0 Å². The van der Waals surface area contributed by atoms with E-state index >= 15 is 0 Å². The second-order valence-corrected chi connectivity index (χ2v) is 6.99. The van der Waals surface area contributed by atoms with Crippen LogP contribution in [0.2, 0.25) is 0 Å². The van der Waals surface area contributed by atoms with Crippen LogP contribution in [-0.2, 0) is 0 Å². The van der Waals surface area contributed by atoms with E-state index in [1.54, 1.807) is 0 Å². The van der Waals surface area contributed by atoms with Crippen molar-refractivity contribution in [2.24, 2.45) is 0 Å². The number of thioether (sulfide) groups is 1. The van der Waals surface area contributed by atoms with Gasteiger partial charge in [-0.2, -0.15) is 11.8 Å². The van der Waals surface area contributed by atoms with E-state index in [2.05, 4.69) is 49.7 Å². The van der Waals surface area contributed by atoms with Crippen LogP contribution in [-0.4, -0.2) is 47.6 Å². The molecule has 1 atom stereocenters. The summed E-state index contributed by atoms with van der Waals surface area (Å²) in [7, 11) is 0. The molecule has 0 saturated carbocycles. The molecular weight excluding hydrogens is 216 g/mol. The van der Waals surface area contributed by atoms with Crippen LogP contribution in [0.3, 0.4) is 0 Å². The molecule has 16 heavy (non-hydrogen) atoms. The minimum atomic E-state index is 0.273. The van der Waals surface area contributed by atoms with E-state index in [1.807, 2.05) is 0 Å². The lowest BCUT2D eigenvalue weighted by atomic mass is 10.1. The molecular formula is C13H28N2S. The first-order chi connectivity index (χ1) is 7.49. The van der Waals surface area contributed by atoms with Gasteiger partial charge in [-0.25, -0.2) is 0 Å². The van der Waals surface area contributed by atoms with Crippen LogP contribution in [0.5, 0.6) is 0 Å². The molecule has 1 saturated heterocycles. The van der Waals surface area contributed by atoms with Crippen LogP contribution < -0.4 is 5.32 Å². The number of hydrogen-bond donors (Lipinski definition) is 1. The van der Waals surface area contributed by atoms with Crippen molar-refractivity contribution >= 4 is 11.8 Å². The summed E-state index contributed by atoms with van der Waals surface area (Å²) < 4.78 is 0. The van der Waals surface area contributed by atoms with Crippen molar-refractivity contribution in [3.05, 3.63) is 0 Å². The smallest absolute Gasteiger partial charge is 0.0158 e. The fourth-order valence-electron chi connectivity index (χ4n) is 2.00. The van der Waals surface area contributed by atoms with Gasteiger partial charge in [-0.3, -0.25) is 4.90 Å². The lowest BCUT2D eigenvalue weighted by Crippen LogP contribution is -2.41. The molecule has 1 unspecified atom stereocenters. The molecule has 0 aromatic heterocycles. The zero-order chi connectivity index (χ0) is 12.0. The van der Waals surface area contributed by atoms with Gasteiger partial charge in [0.15, 0.2) is 0 Å². The predicted octanol–water partition coefficient (Wildman–Crippen LogP) is 2.59. The average Bonchev–Trinajstić information content (AvgIpc) is 2.18. The molecule has 0 amide bonds. The van der Waals surface area contributed by atoms with Crippen molar-refractivity contribution in [1.29, 1.82) is 0 Å². The molecule has 0 radical (unpaired) electrons. The minimum Gasteiger partial charge on any atom is -0.312 e. The Balaban J connectivity index is 2.02. The van der Waals surface area contributed by atoms with E-state index in [-0.39, 0.29) is 5.54 Å². The summed E-state index contributed by atoms with van der Waals surface area (Å²) in [4.78, 5) is 2.65. The Bertz CT molecular complexity index is 189. The van der Waals surface area contributed by atoms with Crippen LogP contribution in [0.4, 0.5) is 0 Å². The van der Waals surface area contributed by atoms with Crippen LogP contribution in [0.15, 0.2) is 0 Å². The molecule has 0 aromatic rings. The Kier molecular flexibility index (Phi) is 6.16. The standard InChI is InChI=1S/C13H28N2S/c1-12-11-16-10-9-15(12)8-6-5-7-14-13(2,3)4/h12,14H,5-11H2,1-4H3. The largest absolute Gasteiger partial charge is 0.312 e. The Morgan fingerprint density at radius 1 is 1.31 bits per heavy atom. The topological polar surface area (TPSA) is 15.3 Å². The van der Waals surface area contributed by atoms with Gasteiger partial charge in [0.25, 0.3) is 0 Å². The maximum atomic E-state index is 3.55. The number of rotatable bonds is 5. The second kappa shape index (κ2) is 6.87. The molecule has 0 aromatic carbocycles. The van der Waals surface area contributed by atoms with Gasteiger partial charge in [0.05, 0.1) is 0 Å². The van der Waals surface area contributed by atoms with Crippen LogP contribution in [0, 0.1) is 0 Å². The molecule has 1 N–H and O–H groups in total. The minimum absolute atomic E-state index is 0.273. The van der Waals surface area contributed by atoms with Crippen molar-refractivity contribution in [2.45, 2.75) is 52.1 Å². The molecule has 1 heterocycles. The van der Waals surface area contributed by atoms with E-state index in [0.717, 1.165) is 12.6 Å². The van der Waals surface area contributed by atoms with E-state index in [4.69, 9.17) is 0 Å². The molecule has 96 valence electrons. The Morgan fingerprint density at radius 2 is 2.06 bits per heavy atom. The van der Waals surface area contributed by atoms with Gasteiger partial charge in [0, 0.05) is 29.6 Å². The molecule has 1 rings (SSSR count). The van der Waals surface area contributed by atoms with Gasteiger partial charge in [0.2, 0.25) is 0 Å². The highest BCUT2D eigenvalue weighted by molar-refractivity contribution is 7.99. The van der Waals surface area contributed by atoms with Gasteiger partial charge in [-0.05, 0) is 53.6 Å². The number of nitrogens with zero attached hydrogens (tertiary/aromatic N) is 1. The van der Waals surface area contributed by atoms with Gasteiger partial charge >= 0.3 is 0 Å². The van der Waals surface area contributed by atoms with E-state index in [0.29, 0.717) is 0 Å². The second-order valence-electron chi connectivity index (χ2n) is 5.84. The zero-order valence-electron chi connectivity index (χ0n) is 11.4. The van der Waals surface area contributed by atoms with Crippen LogP contribution in [0.25, 0.3) is 0 Å². The Labute approximate surface area is 106 Å². The first-order valence-electron chi connectivity index (χ1n) is 6.56. The summed E-state index contributed by atoms with van der Waals surface area (Å²) in [5.74, 6) is 2.64. The van der Waals surface area contributed by atoms with Crippen LogP contribution in [0.1, 0.15) is 40.5 Å². The van der Waals surface area contributed by atoms with E-state index in [1.165, 1.54) is 37.4 Å². The summed E-state index contributed by atoms with van der Waals surface area (Å²) in [6.45, 7) is 12.8. The highest BCUT2D eigenvalue weighted by Crippen LogP contribution is 2.16. The summed E-state index contributed by atoms with van der Waals surface area (Å²) in [5, 5.41) is 3.55. The fourth-order valence-corrected chi connectivity index (χ4v) is 3.08. The zero-order valence-corrected chi connectivity index (χ0v) is 12.2. The molecule has 0 aliphatic carbocycles. The number of unbranched alkanes of at least 4 members (excludes halogenated alkanes) is 1. The van der Waals surface area contributed by atoms with Gasteiger partial charge in [-0.15, -0.1) is 0 Å². The summed E-state index contributed by atoms with van der Waals surface area (Å²) in [6, 6.07) is 0.786. The number of hydrogen-bond acceptors (Lipinski definition) is 3. The SMILES string of the molecule is CC1CSCCN1CCCCNC(C)(C)C. The summed E-state index contributed by atoms with van der Waals surface area (Å²) >= 11 is 2.10. The fraction of sp³-hybridized carbons (Fsp3) is 1.00. The molecule has 1 aliphatic rings. The quantitative estimate of drug-likeness (QED) is 0.748. The number of nitrogens with one attached hydrogen (secondary N) is 1. The van der Waals surface area contributed by atoms with E-state index in [9.17, 15) is 0 Å². The molecule has 3 heteroatoms. The monoisotopic (exact) mass is 244 g/mol. The normalized spacial score (nSPS) is 23.6. The van der Waals surface area contributed by atoms with Crippen molar-refractivity contribution in [2.75, 3.05) is 31.1 Å². The van der Waals surface area contributed by atoms with Crippen molar-refractivity contribution in [3.63, 3.8) is 0 Å². The van der Waals surface area contributed by atoms with Gasteiger partial charge in [-0.1, -0.05) is 0 Å². The maximum Gasteiger partial charge on any atom is 0.0158 e. The highest BCUT2D eigenvalue weighted by Gasteiger charge is 2.17. The summed E-state index contributed by atoms with van der Waals surface area (Å²) in [6.07, 6.45) is 2.63. The lowest BCUT2D eigenvalue weighted by molar-refractivity contribution is 0.227. The first kappa shape index (κ1) is 14.3. The molecule has 2 nitrogen and oxygen atoms in total. The first-order valence-corrected chi connectivity index (χ1v) is 7.71. The lowest BCUT2D eigenvalue weighted by Gasteiger charge is -2.33. The highest BCUT2D eigenvalue weighted by atomic mass is 32.2. The third-order valence-corrected chi connectivity index (χ3v) is 4.22. The average molecular weight is 244 g/mol. The van der Waals surface area contributed by atoms with Crippen LogP contribution >= 0.6 is 11.8 Å². The van der Waals surface area contributed by atoms with Gasteiger partial charge in [0.1, 0.15) is 0 Å². The molecule has 1 fully saturated rings. The maximum absolute atomic E-state index is 3.55.